The molecule has 0 bridgehead atoms. The molecule has 1 aromatic rings. The number of hydrogen-bond acceptors (Lipinski definition) is 4. The van der Waals surface area contributed by atoms with Crippen molar-refractivity contribution in [2.75, 3.05) is 38.0 Å². The van der Waals surface area contributed by atoms with Crippen molar-refractivity contribution in [2.24, 2.45) is 11.3 Å². The molecule has 164 valence electrons. The molecule has 2 amide bonds. The van der Waals surface area contributed by atoms with Crippen LogP contribution in [-0.2, 0) is 20.9 Å². The lowest BCUT2D eigenvalue weighted by Crippen LogP contribution is -2.42. The third kappa shape index (κ3) is 8.05. The van der Waals surface area contributed by atoms with E-state index in [0.29, 0.717) is 24.6 Å². The van der Waals surface area contributed by atoms with Crippen LogP contribution in [0.5, 0.6) is 0 Å². The van der Waals surface area contributed by atoms with Gasteiger partial charge in [-0.15, -0.1) is 0 Å². The summed E-state index contributed by atoms with van der Waals surface area (Å²) >= 11 is 0. The molecule has 0 aliphatic heterocycles. The highest BCUT2D eigenvalue weighted by Gasteiger charge is 2.27. The van der Waals surface area contributed by atoms with Crippen LogP contribution in [0.1, 0.15) is 53.5 Å². The van der Waals surface area contributed by atoms with Crippen molar-refractivity contribution in [3.63, 3.8) is 0 Å². The molecule has 0 unspecified atom stereocenters. The summed E-state index contributed by atoms with van der Waals surface area (Å²) in [6, 6.07) is 5.91. The minimum Gasteiger partial charge on any atom is -0.377 e. The van der Waals surface area contributed by atoms with Gasteiger partial charge in [0.25, 0.3) is 0 Å². The Morgan fingerprint density at radius 2 is 1.76 bits per heavy atom. The van der Waals surface area contributed by atoms with Gasteiger partial charge in [0.15, 0.2) is 0 Å². The Bertz CT molecular complexity index is 693. The number of ether oxygens (including phenoxy) is 1. The van der Waals surface area contributed by atoms with E-state index < -0.39 is 0 Å². The molecule has 0 saturated heterocycles. The smallest absolute Gasteiger partial charge is 0.250 e. The fraction of sp³-hybridized carbons (Fsp3) is 0.652. The van der Waals surface area contributed by atoms with Crippen LogP contribution >= 0.6 is 0 Å². The lowest BCUT2D eigenvalue weighted by Gasteiger charge is -2.35. The molecule has 6 heteroatoms. The Balaban J connectivity index is 3.26. The van der Waals surface area contributed by atoms with E-state index in [9.17, 15) is 9.59 Å². The maximum absolute atomic E-state index is 13.2. The molecule has 6 nitrogen and oxygen atoms in total. The fourth-order valence-corrected chi connectivity index (χ4v) is 3.11. The average molecular weight is 406 g/mol. The monoisotopic (exact) mass is 405 g/mol. The van der Waals surface area contributed by atoms with E-state index in [1.807, 2.05) is 42.1 Å². The van der Waals surface area contributed by atoms with E-state index in [4.69, 9.17) is 4.74 Å². The van der Waals surface area contributed by atoms with Crippen molar-refractivity contribution in [1.82, 2.24) is 4.90 Å². The topological polar surface area (TPSA) is 61.9 Å². The largest absolute Gasteiger partial charge is 0.377 e. The highest BCUT2D eigenvalue weighted by Crippen LogP contribution is 2.28. The summed E-state index contributed by atoms with van der Waals surface area (Å²) in [5.74, 6) is 0.288. The van der Waals surface area contributed by atoms with Crippen molar-refractivity contribution < 1.29 is 14.3 Å². The molecule has 0 aliphatic carbocycles. The first-order chi connectivity index (χ1) is 13.4. The molecule has 0 aromatic heterocycles. The summed E-state index contributed by atoms with van der Waals surface area (Å²) in [5.41, 5.74) is 2.65. The Hall–Kier alpha value is -2.08. The van der Waals surface area contributed by atoms with Gasteiger partial charge in [-0.05, 0) is 42.0 Å². The van der Waals surface area contributed by atoms with Gasteiger partial charge in [0.2, 0.25) is 11.8 Å². The van der Waals surface area contributed by atoms with Crippen molar-refractivity contribution in [2.45, 2.75) is 60.5 Å². The SMILES string of the molecule is COCC(=O)Nc1ccc(N(C)C)c(CN(C(=O)CC(C)(C)C)[C@H](C)C(C)C)c1. The summed E-state index contributed by atoms with van der Waals surface area (Å²) in [6.07, 6.45) is 0.492. The number of nitrogens with zero attached hydrogens (tertiary/aromatic N) is 2. The lowest BCUT2D eigenvalue weighted by molar-refractivity contribution is -0.136. The molecule has 1 N–H and O–H groups in total. The van der Waals surface area contributed by atoms with Crippen molar-refractivity contribution >= 4 is 23.2 Å². The number of anilines is 2. The van der Waals surface area contributed by atoms with Crippen molar-refractivity contribution in [3.05, 3.63) is 23.8 Å². The maximum Gasteiger partial charge on any atom is 0.250 e. The summed E-state index contributed by atoms with van der Waals surface area (Å²) in [6.45, 7) is 13.1. The lowest BCUT2D eigenvalue weighted by atomic mass is 9.90. The van der Waals surface area contributed by atoms with Crippen LogP contribution in [-0.4, -0.2) is 50.6 Å². The van der Waals surface area contributed by atoms with Gasteiger partial charge in [-0.25, -0.2) is 0 Å². The minimum absolute atomic E-state index is 0.00530. The zero-order chi connectivity index (χ0) is 22.4. The second-order valence-electron chi connectivity index (χ2n) is 9.46. The van der Waals surface area contributed by atoms with Crippen LogP contribution in [0.3, 0.4) is 0 Å². The van der Waals surface area contributed by atoms with Crippen LogP contribution in [0.4, 0.5) is 11.4 Å². The number of carbonyl (C=O) groups is 2. The summed E-state index contributed by atoms with van der Waals surface area (Å²) in [4.78, 5) is 29.1. The summed E-state index contributed by atoms with van der Waals surface area (Å²) in [7, 11) is 5.45. The third-order valence-corrected chi connectivity index (χ3v) is 4.92. The molecule has 29 heavy (non-hydrogen) atoms. The molecule has 1 atom stereocenters. The van der Waals surface area contributed by atoms with Crippen LogP contribution in [0.25, 0.3) is 0 Å². The van der Waals surface area contributed by atoms with E-state index in [2.05, 4.69) is 46.9 Å². The molecule has 0 heterocycles. The average Bonchev–Trinajstić information content (AvgIpc) is 2.57. The maximum atomic E-state index is 13.2. The van der Waals surface area contributed by atoms with E-state index in [1.54, 1.807) is 0 Å². The van der Waals surface area contributed by atoms with Gasteiger partial charge in [-0.1, -0.05) is 34.6 Å². The predicted molar refractivity (Wildman–Crippen MR) is 120 cm³/mol. The van der Waals surface area contributed by atoms with E-state index in [0.717, 1.165) is 11.3 Å². The molecule has 0 saturated carbocycles. The zero-order valence-electron chi connectivity index (χ0n) is 19.6. The molecule has 0 radical (unpaired) electrons. The van der Waals surface area contributed by atoms with Crippen molar-refractivity contribution in [3.8, 4) is 0 Å². The van der Waals surface area contributed by atoms with Gasteiger partial charge >= 0.3 is 0 Å². The normalized spacial score (nSPS) is 12.6. The van der Waals surface area contributed by atoms with Crippen LogP contribution in [0, 0.1) is 11.3 Å². The molecule has 0 spiro atoms. The number of benzene rings is 1. The first kappa shape index (κ1) is 25.0. The first-order valence-corrected chi connectivity index (χ1v) is 10.2. The summed E-state index contributed by atoms with van der Waals surface area (Å²) in [5, 5.41) is 2.86. The van der Waals surface area contributed by atoms with Gasteiger partial charge in [0.05, 0.1) is 0 Å². The number of rotatable bonds is 9. The highest BCUT2D eigenvalue weighted by atomic mass is 16.5. The molecule has 0 fully saturated rings. The number of nitrogens with one attached hydrogen (secondary N) is 1. The number of amides is 2. The van der Waals surface area contributed by atoms with Crippen LogP contribution in [0.2, 0.25) is 0 Å². The predicted octanol–water partition coefficient (Wildman–Crippen LogP) is 4.15. The molecular formula is C23H39N3O3. The molecule has 1 aromatic carbocycles. The van der Waals surface area contributed by atoms with Gasteiger partial charge in [0.1, 0.15) is 6.61 Å². The van der Waals surface area contributed by atoms with Crippen LogP contribution in [0.15, 0.2) is 18.2 Å². The first-order valence-electron chi connectivity index (χ1n) is 10.2. The Morgan fingerprint density at radius 3 is 2.24 bits per heavy atom. The number of methoxy groups -OCH3 is 1. The van der Waals surface area contributed by atoms with E-state index >= 15 is 0 Å². The Kier molecular flexibility index (Phi) is 9.14. The molecular weight excluding hydrogens is 366 g/mol. The quantitative estimate of drug-likeness (QED) is 0.670. The third-order valence-electron chi connectivity index (χ3n) is 4.92. The van der Waals surface area contributed by atoms with Gasteiger partial charge in [-0.3, -0.25) is 9.59 Å². The number of hydrogen-bond donors (Lipinski definition) is 1. The Labute approximate surface area is 176 Å². The second kappa shape index (κ2) is 10.6. The van der Waals surface area contributed by atoms with E-state index in [1.165, 1.54) is 7.11 Å². The fourth-order valence-electron chi connectivity index (χ4n) is 3.11. The van der Waals surface area contributed by atoms with Gasteiger partial charge < -0.3 is 19.9 Å². The molecule has 1 rings (SSSR count). The zero-order valence-corrected chi connectivity index (χ0v) is 19.6. The van der Waals surface area contributed by atoms with Crippen molar-refractivity contribution in [1.29, 1.82) is 0 Å². The highest BCUT2D eigenvalue weighted by molar-refractivity contribution is 5.92. The standard InChI is InChI=1S/C23H39N3O3/c1-16(2)17(3)26(22(28)13-23(4,5)6)14-18-12-19(24-21(27)15-29-9)10-11-20(18)25(7)8/h10-12,16-17H,13-15H2,1-9H3,(H,24,27)/t17-/m1/s1. The number of carbonyl (C=O) groups excluding carboxylic acids is 2. The summed E-state index contributed by atoms with van der Waals surface area (Å²) < 4.78 is 4.90. The van der Waals surface area contributed by atoms with Gasteiger partial charge in [-0.2, -0.15) is 0 Å². The Morgan fingerprint density at radius 1 is 1.14 bits per heavy atom. The van der Waals surface area contributed by atoms with E-state index in [-0.39, 0.29) is 29.9 Å². The van der Waals surface area contributed by atoms with Crippen LogP contribution < -0.4 is 10.2 Å². The second-order valence-corrected chi connectivity index (χ2v) is 9.46. The minimum atomic E-state index is -0.202. The molecule has 0 aliphatic rings. The van der Waals surface area contributed by atoms with Gasteiger partial charge in [0, 0.05) is 51.6 Å².